The molecule has 21 heavy (non-hydrogen) atoms. The Bertz CT molecular complexity index is 584. The molecule has 1 unspecified atom stereocenters. The lowest BCUT2D eigenvalue weighted by molar-refractivity contribution is 0.339. The average Bonchev–Trinajstić information content (AvgIpc) is 2.49. The van der Waals surface area contributed by atoms with Crippen LogP contribution in [0.2, 0.25) is 0 Å². The largest absolute Gasteiger partial charge is 0.494 e. The van der Waals surface area contributed by atoms with E-state index in [-0.39, 0.29) is 0 Å². The van der Waals surface area contributed by atoms with Crippen LogP contribution in [-0.4, -0.2) is 13.7 Å². The molecular weight excluding hydrogens is 330 g/mol. The molecule has 2 aromatic carbocycles. The van der Waals surface area contributed by atoms with E-state index in [2.05, 4.69) is 34.2 Å². The Morgan fingerprint density at radius 1 is 1.05 bits per heavy atom. The molecule has 0 heterocycles. The smallest absolute Gasteiger partial charge is 0.128 e. The van der Waals surface area contributed by atoms with E-state index < -0.39 is 0 Å². The molecular formula is C17H20BrNO2. The lowest BCUT2D eigenvalue weighted by atomic mass is 10.1. The molecule has 0 aromatic heterocycles. The molecule has 0 fully saturated rings. The summed E-state index contributed by atoms with van der Waals surface area (Å²) in [5, 5.41) is 3.22. The average molecular weight is 350 g/mol. The zero-order chi connectivity index (χ0) is 15.2. The van der Waals surface area contributed by atoms with Crippen LogP contribution in [0, 0.1) is 0 Å². The van der Waals surface area contributed by atoms with Crippen LogP contribution in [0.15, 0.2) is 46.9 Å². The number of rotatable bonds is 6. The van der Waals surface area contributed by atoms with Gasteiger partial charge in [-0.1, -0.05) is 22.0 Å². The van der Waals surface area contributed by atoms with Gasteiger partial charge in [-0.2, -0.15) is 0 Å². The quantitative estimate of drug-likeness (QED) is 0.802. The first-order valence-electron chi connectivity index (χ1n) is 7.01. The number of hydrogen-bond donors (Lipinski definition) is 1. The molecule has 0 aliphatic heterocycles. The van der Waals surface area contributed by atoms with E-state index in [1.807, 2.05) is 50.4 Å². The molecule has 0 amide bonds. The van der Waals surface area contributed by atoms with Crippen molar-refractivity contribution < 1.29 is 9.47 Å². The van der Waals surface area contributed by atoms with Gasteiger partial charge in [-0.15, -0.1) is 0 Å². The van der Waals surface area contributed by atoms with Crippen molar-refractivity contribution in [3.63, 3.8) is 0 Å². The molecule has 0 spiro atoms. The zero-order valence-corrected chi connectivity index (χ0v) is 14.1. The number of nitrogens with one attached hydrogen (secondary N) is 1. The van der Waals surface area contributed by atoms with Gasteiger partial charge < -0.3 is 14.8 Å². The maximum atomic E-state index is 5.85. The van der Waals surface area contributed by atoms with Crippen LogP contribution in [0.4, 0.5) is 0 Å². The van der Waals surface area contributed by atoms with E-state index in [0.717, 1.165) is 21.7 Å². The maximum absolute atomic E-state index is 5.85. The second-order valence-electron chi connectivity index (χ2n) is 4.70. The Hall–Kier alpha value is -1.52. The van der Waals surface area contributed by atoms with Gasteiger partial charge >= 0.3 is 0 Å². The molecule has 0 aliphatic carbocycles. The van der Waals surface area contributed by atoms with E-state index >= 15 is 0 Å². The summed E-state index contributed by atoms with van der Waals surface area (Å²) < 4.78 is 12.3. The molecule has 0 aliphatic rings. The maximum Gasteiger partial charge on any atom is 0.128 e. The Morgan fingerprint density at radius 3 is 2.24 bits per heavy atom. The number of hydrogen-bond acceptors (Lipinski definition) is 3. The fourth-order valence-electron chi connectivity index (χ4n) is 1.98. The Labute approximate surface area is 134 Å². The molecule has 4 heteroatoms. The third-order valence-electron chi connectivity index (χ3n) is 3.24. The third kappa shape index (κ3) is 4.22. The van der Waals surface area contributed by atoms with Gasteiger partial charge in [0, 0.05) is 10.5 Å². The van der Waals surface area contributed by atoms with Gasteiger partial charge in [0.15, 0.2) is 0 Å². The van der Waals surface area contributed by atoms with Crippen molar-refractivity contribution in [2.75, 3.05) is 13.7 Å². The van der Waals surface area contributed by atoms with E-state index in [1.54, 1.807) is 0 Å². The highest BCUT2D eigenvalue weighted by molar-refractivity contribution is 9.10. The van der Waals surface area contributed by atoms with Crippen molar-refractivity contribution in [1.82, 2.24) is 5.32 Å². The van der Waals surface area contributed by atoms with Gasteiger partial charge in [0.05, 0.1) is 6.61 Å². The molecule has 1 atom stereocenters. The van der Waals surface area contributed by atoms with Crippen LogP contribution >= 0.6 is 15.9 Å². The molecule has 1 N–H and O–H groups in total. The third-order valence-corrected chi connectivity index (χ3v) is 3.93. The zero-order valence-electron chi connectivity index (χ0n) is 12.5. The summed E-state index contributed by atoms with van der Waals surface area (Å²) in [7, 11) is 1.95. The van der Waals surface area contributed by atoms with Crippen LogP contribution in [-0.2, 0) is 0 Å². The molecule has 112 valence electrons. The molecule has 0 saturated carbocycles. The summed E-state index contributed by atoms with van der Waals surface area (Å²) in [4.78, 5) is 0. The summed E-state index contributed by atoms with van der Waals surface area (Å²) in [5.41, 5.74) is 1.21. The van der Waals surface area contributed by atoms with E-state index in [4.69, 9.17) is 9.47 Å². The summed E-state index contributed by atoms with van der Waals surface area (Å²) in [5.74, 6) is 2.45. The minimum absolute atomic E-state index is 0.291. The summed E-state index contributed by atoms with van der Waals surface area (Å²) in [6, 6.07) is 13.9. The SMILES string of the molecule is CCOc1ccc(Oc2ccc(C(C)NC)c(Br)c2)cc1. The van der Waals surface area contributed by atoms with Crippen LogP contribution in [0.5, 0.6) is 17.2 Å². The van der Waals surface area contributed by atoms with Crippen molar-refractivity contribution in [3.05, 3.63) is 52.5 Å². The molecule has 2 aromatic rings. The van der Waals surface area contributed by atoms with Gasteiger partial charge in [-0.3, -0.25) is 0 Å². The van der Waals surface area contributed by atoms with Crippen molar-refractivity contribution >= 4 is 15.9 Å². The molecule has 0 radical (unpaired) electrons. The highest BCUT2D eigenvalue weighted by atomic mass is 79.9. The lowest BCUT2D eigenvalue weighted by Gasteiger charge is -2.14. The first kappa shape index (κ1) is 15.9. The van der Waals surface area contributed by atoms with E-state index in [9.17, 15) is 0 Å². The highest BCUT2D eigenvalue weighted by Crippen LogP contribution is 2.30. The summed E-state index contributed by atoms with van der Waals surface area (Å²) in [6.45, 7) is 4.75. The predicted molar refractivity (Wildman–Crippen MR) is 89.3 cm³/mol. The molecule has 0 saturated heterocycles. The molecule has 0 bridgehead atoms. The van der Waals surface area contributed by atoms with Gasteiger partial charge in [0.25, 0.3) is 0 Å². The number of halogens is 1. The Morgan fingerprint density at radius 2 is 1.67 bits per heavy atom. The van der Waals surface area contributed by atoms with Crippen molar-refractivity contribution in [2.45, 2.75) is 19.9 Å². The fourth-order valence-corrected chi connectivity index (χ4v) is 2.69. The van der Waals surface area contributed by atoms with Crippen LogP contribution < -0.4 is 14.8 Å². The standard InChI is InChI=1S/C17H20BrNO2/c1-4-20-13-5-7-14(8-6-13)21-15-9-10-16(12(2)19-3)17(18)11-15/h5-12,19H,4H2,1-3H3. The van der Waals surface area contributed by atoms with Gasteiger partial charge in [-0.05, 0) is 62.9 Å². The summed E-state index contributed by atoms with van der Waals surface area (Å²) >= 11 is 3.59. The van der Waals surface area contributed by atoms with Crippen molar-refractivity contribution in [1.29, 1.82) is 0 Å². The molecule has 3 nitrogen and oxygen atoms in total. The minimum atomic E-state index is 0.291. The lowest BCUT2D eigenvalue weighted by Crippen LogP contribution is -2.12. The van der Waals surface area contributed by atoms with Crippen LogP contribution in [0.3, 0.4) is 0 Å². The Balaban J connectivity index is 2.11. The number of benzene rings is 2. The van der Waals surface area contributed by atoms with Crippen LogP contribution in [0.25, 0.3) is 0 Å². The molecule has 2 rings (SSSR count). The van der Waals surface area contributed by atoms with Crippen molar-refractivity contribution in [3.8, 4) is 17.2 Å². The summed E-state index contributed by atoms with van der Waals surface area (Å²) in [6.07, 6.45) is 0. The first-order chi connectivity index (χ1) is 10.1. The predicted octanol–water partition coefficient (Wildman–Crippen LogP) is 4.92. The van der Waals surface area contributed by atoms with Crippen LogP contribution in [0.1, 0.15) is 25.5 Å². The number of ether oxygens (including phenoxy) is 2. The van der Waals surface area contributed by atoms with E-state index in [0.29, 0.717) is 12.6 Å². The Kier molecular flexibility index (Phi) is 5.65. The first-order valence-corrected chi connectivity index (χ1v) is 7.80. The second kappa shape index (κ2) is 7.48. The monoisotopic (exact) mass is 349 g/mol. The minimum Gasteiger partial charge on any atom is -0.494 e. The second-order valence-corrected chi connectivity index (χ2v) is 5.55. The van der Waals surface area contributed by atoms with E-state index in [1.165, 1.54) is 5.56 Å². The van der Waals surface area contributed by atoms with Gasteiger partial charge in [-0.25, -0.2) is 0 Å². The van der Waals surface area contributed by atoms with Gasteiger partial charge in [0.1, 0.15) is 17.2 Å². The topological polar surface area (TPSA) is 30.5 Å². The normalized spacial score (nSPS) is 12.0. The highest BCUT2D eigenvalue weighted by Gasteiger charge is 2.08. The fraction of sp³-hybridized carbons (Fsp3) is 0.294. The van der Waals surface area contributed by atoms with Crippen molar-refractivity contribution in [2.24, 2.45) is 0 Å². The van der Waals surface area contributed by atoms with Gasteiger partial charge in [0.2, 0.25) is 0 Å².